The predicted molar refractivity (Wildman–Crippen MR) is 106 cm³/mol. The molecule has 0 radical (unpaired) electrons. The smallest absolute Gasteiger partial charge is 0.189 e. The third kappa shape index (κ3) is 4.49. The van der Waals surface area contributed by atoms with E-state index in [-0.39, 0.29) is 11.4 Å². The second-order valence-electron chi connectivity index (χ2n) is 5.68. The normalized spacial score (nSPS) is 10.7. The number of hydrogen-bond acceptors (Lipinski definition) is 6. The molecule has 0 atom stereocenters. The summed E-state index contributed by atoms with van der Waals surface area (Å²) in [6.07, 6.45) is 3.49. The molecule has 3 aromatic rings. The summed E-state index contributed by atoms with van der Waals surface area (Å²) in [6, 6.07) is 15.8. The summed E-state index contributed by atoms with van der Waals surface area (Å²) in [5, 5.41) is 14.3. The van der Waals surface area contributed by atoms with E-state index in [1.54, 1.807) is 18.3 Å². The van der Waals surface area contributed by atoms with Gasteiger partial charge in [-0.2, -0.15) is 10.4 Å². The van der Waals surface area contributed by atoms with E-state index in [1.165, 1.54) is 23.9 Å². The fourth-order valence-corrected chi connectivity index (χ4v) is 2.72. The van der Waals surface area contributed by atoms with Crippen LogP contribution < -0.4 is 5.43 Å². The van der Waals surface area contributed by atoms with E-state index >= 15 is 0 Å². The highest BCUT2D eigenvalue weighted by Crippen LogP contribution is 2.28. The molecule has 1 aromatic heterocycles. The zero-order chi connectivity index (χ0) is 19.2. The zero-order valence-electron chi connectivity index (χ0n) is 14.8. The zero-order valence-corrected chi connectivity index (χ0v) is 15.6. The van der Waals surface area contributed by atoms with Crippen LogP contribution in [0.15, 0.2) is 58.8 Å². The average molecular weight is 377 g/mol. The van der Waals surface area contributed by atoms with Crippen molar-refractivity contribution < 1.29 is 4.39 Å². The largest absolute Gasteiger partial charge is 0.260 e. The van der Waals surface area contributed by atoms with Gasteiger partial charge in [0.2, 0.25) is 0 Å². The van der Waals surface area contributed by atoms with Crippen molar-refractivity contribution in [2.24, 2.45) is 5.10 Å². The topological polar surface area (TPSA) is 74.0 Å². The van der Waals surface area contributed by atoms with Gasteiger partial charge in [-0.3, -0.25) is 5.43 Å². The molecule has 0 aliphatic carbocycles. The Morgan fingerprint density at radius 3 is 2.44 bits per heavy atom. The van der Waals surface area contributed by atoms with E-state index in [4.69, 9.17) is 0 Å². The number of hydrazone groups is 1. The quantitative estimate of drug-likeness (QED) is 0.304. The summed E-state index contributed by atoms with van der Waals surface area (Å²) in [6.45, 7) is 2.01. The lowest BCUT2D eigenvalue weighted by atomic mass is 10.1. The molecule has 27 heavy (non-hydrogen) atoms. The molecule has 7 heteroatoms. The van der Waals surface area contributed by atoms with Crippen LogP contribution in [0.5, 0.6) is 0 Å². The Morgan fingerprint density at radius 2 is 1.81 bits per heavy atom. The summed E-state index contributed by atoms with van der Waals surface area (Å²) >= 11 is 1.35. The minimum absolute atomic E-state index is 0.250. The monoisotopic (exact) mass is 377 g/mol. The molecule has 0 amide bonds. The fraction of sp³-hybridized carbons (Fsp3) is 0.100. The van der Waals surface area contributed by atoms with Crippen molar-refractivity contribution in [1.29, 1.82) is 5.26 Å². The van der Waals surface area contributed by atoms with Crippen LogP contribution >= 0.6 is 11.8 Å². The highest BCUT2D eigenvalue weighted by Gasteiger charge is 2.15. The van der Waals surface area contributed by atoms with E-state index in [9.17, 15) is 9.65 Å². The predicted octanol–water partition coefficient (Wildman–Crippen LogP) is 4.63. The second kappa shape index (κ2) is 8.43. The number of nitrogens with one attached hydrogen (secondary N) is 1. The van der Waals surface area contributed by atoms with Gasteiger partial charge in [0.05, 0.1) is 11.9 Å². The molecule has 0 spiro atoms. The molecule has 3 rings (SSSR count). The maximum Gasteiger partial charge on any atom is 0.189 e. The molecule has 0 saturated heterocycles. The highest BCUT2D eigenvalue weighted by atomic mass is 32.2. The third-order valence-corrected chi connectivity index (χ3v) is 4.31. The molecule has 134 valence electrons. The Balaban J connectivity index is 1.96. The van der Waals surface area contributed by atoms with E-state index < -0.39 is 0 Å². The molecular formula is C20H16FN5S. The number of halogens is 1. The van der Waals surface area contributed by atoms with Gasteiger partial charge < -0.3 is 0 Å². The lowest BCUT2D eigenvalue weighted by Gasteiger charge is -2.10. The van der Waals surface area contributed by atoms with Crippen molar-refractivity contribution >= 4 is 23.8 Å². The van der Waals surface area contributed by atoms with Gasteiger partial charge in [-0.1, -0.05) is 41.6 Å². The Bertz CT molecular complexity index is 1010. The minimum Gasteiger partial charge on any atom is -0.260 e. The number of anilines is 1. The van der Waals surface area contributed by atoms with E-state index in [0.29, 0.717) is 22.2 Å². The molecule has 1 heterocycles. The molecule has 2 aromatic carbocycles. The van der Waals surface area contributed by atoms with Crippen LogP contribution in [0.25, 0.3) is 11.3 Å². The number of hydrogen-bond donors (Lipinski definition) is 1. The Morgan fingerprint density at radius 1 is 1.11 bits per heavy atom. The van der Waals surface area contributed by atoms with Gasteiger partial charge in [-0.25, -0.2) is 14.4 Å². The number of nitrogens with zero attached hydrogens (tertiary/aromatic N) is 4. The molecule has 0 saturated carbocycles. The first-order valence-electron chi connectivity index (χ1n) is 8.08. The number of nitriles is 1. The molecular weight excluding hydrogens is 361 g/mol. The minimum atomic E-state index is -0.350. The van der Waals surface area contributed by atoms with Crippen molar-refractivity contribution in [2.45, 2.75) is 12.1 Å². The summed E-state index contributed by atoms with van der Waals surface area (Å²) in [5.74, 6) is -0.0445. The van der Waals surface area contributed by atoms with Crippen LogP contribution in [0.4, 0.5) is 10.2 Å². The Hall–Kier alpha value is -3.24. The molecule has 1 N–H and O–H groups in total. The van der Waals surface area contributed by atoms with Gasteiger partial charge in [-0.15, -0.1) is 0 Å². The number of aromatic nitrogens is 2. The van der Waals surface area contributed by atoms with E-state index in [2.05, 4.69) is 26.6 Å². The van der Waals surface area contributed by atoms with Gasteiger partial charge in [0, 0.05) is 5.56 Å². The van der Waals surface area contributed by atoms with Crippen LogP contribution in [0, 0.1) is 24.1 Å². The molecule has 0 unspecified atom stereocenters. The summed E-state index contributed by atoms with van der Waals surface area (Å²) in [5.41, 5.74) is 6.24. The standard InChI is InChI=1S/C20H16FN5S/c1-13-3-5-14(6-4-13)12-23-26-19-17(11-22)18(24-20(25-19)27-2)15-7-9-16(21)10-8-15/h3-10,12H,1-2H3,(H,24,25,26)/b23-12+. The lowest BCUT2D eigenvalue weighted by molar-refractivity contribution is 0.628. The summed E-state index contributed by atoms with van der Waals surface area (Å²) in [4.78, 5) is 8.76. The van der Waals surface area contributed by atoms with E-state index in [1.807, 2.05) is 37.4 Å². The van der Waals surface area contributed by atoms with E-state index in [0.717, 1.165) is 11.1 Å². The highest BCUT2D eigenvalue weighted by molar-refractivity contribution is 7.98. The van der Waals surface area contributed by atoms with Gasteiger partial charge in [0.1, 0.15) is 17.4 Å². The first-order valence-corrected chi connectivity index (χ1v) is 9.31. The van der Waals surface area contributed by atoms with Crippen LogP contribution in [-0.4, -0.2) is 22.4 Å². The first-order chi connectivity index (χ1) is 13.1. The summed E-state index contributed by atoms with van der Waals surface area (Å²) in [7, 11) is 0. The number of benzene rings is 2. The Kier molecular flexibility index (Phi) is 5.79. The average Bonchev–Trinajstić information content (AvgIpc) is 2.69. The maximum absolute atomic E-state index is 13.2. The van der Waals surface area contributed by atoms with Crippen LogP contribution in [0.3, 0.4) is 0 Å². The van der Waals surface area contributed by atoms with Crippen molar-refractivity contribution in [2.75, 3.05) is 11.7 Å². The van der Waals surface area contributed by atoms with Crippen molar-refractivity contribution in [3.8, 4) is 17.3 Å². The number of rotatable bonds is 5. The molecule has 0 fully saturated rings. The molecule has 0 aliphatic rings. The molecule has 0 bridgehead atoms. The second-order valence-corrected chi connectivity index (χ2v) is 6.46. The van der Waals surface area contributed by atoms with Crippen molar-refractivity contribution in [1.82, 2.24) is 9.97 Å². The van der Waals surface area contributed by atoms with Gasteiger partial charge >= 0.3 is 0 Å². The van der Waals surface area contributed by atoms with Crippen molar-refractivity contribution in [3.05, 3.63) is 71.0 Å². The van der Waals surface area contributed by atoms with Crippen LogP contribution in [0.2, 0.25) is 0 Å². The van der Waals surface area contributed by atoms with Crippen molar-refractivity contribution in [3.63, 3.8) is 0 Å². The van der Waals surface area contributed by atoms with Gasteiger partial charge in [-0.05, 0) is 43.0 Å². The van der Waals surface area contributed by atoms with Gasteiger partial charge in [0.15, 0.2) is 11.0 Å². The lowest BCUT2D eigenvalue weighted by Crippen LogP contribution is -2.03. The number of aryl methyl sites for hydroxylation is 1. The third-order valence-electron chi connectivity index (χ3n) is 3.76. The Labute approximate surface area is 161 Å². The van der Waals surface area contributed by atoms with Crippen LogP contribution in [0.1, 0.15) is 16.7 Å². The van der Waals surface area contributed by atoms with Gasteiger partial charge in [0.25, 0.3) is 0 Å². The van der Waals surface area contributed by atoms with Crippen LogP contribution in [-0.2, 0) is 0 Å². The number of thioether (sulfide) groups is 1. The fourth-order valence-electron chi connectivity index (χ4n) is 2.36. The first kappa shape index (κ1) is 18.5. The summed E-state index contributed by atoms with van der Waals surface area (Å²) < 4.78 is 13.2. The maximum atomic E-state index is 13.2. The molecule has 0 aliphatic heterocycles. The SMILES string of the molecule is CSc1nc(N/N=C/c2ccc(C)cc2)c(C#N)c(-c2ccc(F)cc2)n1. The molecule has 5 nitrogen and oxygen atoms in total.